The highest BCUT2D eigenvalue weighted by Gasteiger charge is 2.68. The van der Waals surface area contributed by atoms with Crippen LogP contribution in [0.5, 0.6) is 0 Å². The van der Waals surface area contributed by atoms with Gasteiger partial charge in [-0.15, -0.1) is 0 Å². The normalized spacial score (nSPS) is 54.6. The number of aliphatic hydroxyl groups excluding tert-OH is 8. The van der Waals surface area contributed by atoms with Crippen LogP contribution in [0.15, 0.2) is 11.6 Å². The number of carbonyl (C=O) groups is 1. The molecule has 4 heterocycles. The molecule has 0 unspecified atom stereocenters. The lowest BCUT2D eigenvalue weighted by Crippen LogP contribution is -2.63. The summed E-state index contributed by atoms with van der Waals surface area (Å²) in [5, 5.41) is 95.9. The third kappa shape index (κ3) is 7.30. The van der Waals surface area contributed by atoms with Crippen molar-refractivity contribution in [3.8, 4) is 0 Å². The van der Waals surface area contributed by atoms with Crippen molar-refractivity contribution in [1.29, 1.82) is 0 Å². The molecule has 0 bridgehead atoms. The second-order valence-electron chi connectivity index (χ2n) is 19.0. The molecule has 0 radical (unpaired) electrons. The highest BCUT2D eigenvalue weighted by Crippen LogP contribution is 2.70. The summed E-state index contributed by atoms with van der Waals surface area (Å²) >= 11 is 0. The van der Waals surface area contributed by atoms with Gasteiger partial charge in [-0.25, -0.2) is 4.79 Å². The zero-order chi connectivity index (χ0) is 41.5. The molecule has 17 heteroatoms. The maximum Gasteiger partial charge on any atom is 0.331 e. The number of aliphatic hydroxyl groups is 9. The number of hydrogen-bond donors (Lipinski definition) is 9. The Morgan fingerprint density at radius 3 is 2.16 bits per heavy atom. The first-order valence-corrected chi connectivity index (χ1v) is 21.3. The monoisotopic (exact) mass is 828 g/mol. The lowest BCUT2D eigenvalue weighted by atomic mass is 9.43. The first-order chi connectivity index (χ1) is 27.5. The summed E-state index contributed by atoms with van der Waals surface area (Å²) in [6, 6.07) is 0. The van der Waals surface area contributed by atoms with Gasteiger partial charge in [0.2, 0.25) is 0 Å². The molecule has 0 aromatic carbocycles. The summed E-state index contributed by atoms with van der Waals surface area (Å²) in [6.45, 7) is 5.50. The minimum atomic E-state index is -1.74. The fourth-order valence-electron chi connectivity index (χ4n) is 12.7. The van der Waals surface area contributed by atoms with Gasteiger partial charge in [-0.05, 0) is 99.4 Å². The Hall–Kier alpha value is -1.39. The Bertz CT molecular complexity index is 1500. The van der Waals surface area contributed by atoms with Gasteiger partial charge < -0.3 is 79.1 Å². The van der Waals surface area contributed by atoms with Crippen LogP contribution in [0.4, 0.5) is 0 Å². The number of carbonyl (C=O) groups excluding carboxylic acids is 1. The number of rotatable bonds is 9. The van der Waals surface area contributed by atoms with Crippen molar-refractivity contribution in [3.05, 3.63) is 11.6 Å². The maximum atomic E-state index is 12.6. The summed E-state index contributed by atoms with van der Waals surface area (Å²) in [5.41, 5.74) is 0.0191. The fourth-order valence-corrected chi connectivity index (χ4v) is 12.7. The molecule has 0 aromatic heterocycles. The van der Waals surface area contributed by atoms with E-state index in [1.807, 2.05) is 0 Å². The standard InChI is InChI=1S/C41H64O17/c1-18-36(58-38-35(50)33(48)31(46)27(57-38)17-53-37-34(49)32(47)30(45)26(15-42)56-37)25(43)14-29(54-18)55-21-6-9-39(2)20(13-21)4-5-24-23(39)7-10-40(3)22(8-11-41(24,40)51)19-12-28(44)52-16-19/h12,18,20-27,29-38,42-43,45-51H,4-11,13-17H2,1-3H3/t18-,20-,21+,22-,23+,24-,25+,26-,27-,29+,30-,31-,32+,33+,34-,35-,36-,37-,38-,39+,40-,41+/m1/s1. The van der Waals surface area contributed by atoms with Gasteiger partial charge in [-0.2, -0.15) is 0 Å². The minimum absolute atomic E-state index is 0.0551. The van der Waals surface area contributed by atoms with Gasteiger partial charge in [-0.3, -0.25) is 0 Å². The number of hydrogen-bond acceptors (Lipinski definition) is 17. The van der Waals surface area contributed by atoms with Crippen LogP contribution in [-0.4, -0.2) is 169 Å². The molecule has 8 aliphatic rings. The Labute approximate surface area is 338 Å². The largest absolute Gasteiger partial charge is 0.458 e. The van der Waals surface area contributed by atoms with Gasteiger partial charge in [0.1, 0.15) is 61.5 Å². The second kappa shape index (κ2) is 16.4. The Kier molecular flexibility index (Phi) is 12.2. The van der Waals surface area contributed by atoms with E-state index in [1.54, 1.807) is 13.0 Å². The van der Waals surface area contributed by atoms with Crippen LogP contribution in [0, 0.1) is 34.5 Å². The van der Waals surface area contributed by atoms with Crippen LogP contribution in [0.25, 0.3) is 0 Å². The van der Waals surface area contributed by atoms with E-state index in [2.05, 4.69) is 13.8 Å². The summed E-state index contributed by atoms with van der Waals surface area (Å²) < 4.78 is 40.7. The molecule has 7 fully saturated rings. The molecule has 8 rings (SSSR count). The van der Waals surface area contributed by atoms with Crippen molar-refractivity contribution in [2.24, 2.45) is 34.5 Å². The van der Waals surface area contributed by atoms with Gasteiger partial charge in [-0.1, -0.05) is 13.8 Å². The Morgan fingerprint density at radius 2 is 1.47 bits per heavy atom. The highest BCUT2D eigenvalue weighted by molar-refractivity contribution is 5.85. The number of cyclic esters (lactones) is 1. The van der Waals surface area contributed by atoms with E-state index in [1.165, 1.54) is 0 Å². The fraction of sp³-hybridized carbons (Fsp3) is 0.927. The second-order valence-corrected chi connectivity index (χ2v) is 19.0. The lowest BCUT2D eigenvalue weighted by molar-refractivity contribution is -0.354. The van der Waals surface area contributed by atoms with E-state index < -0.39 is 105 Å². The quantitative estimate of drug-likeness (QED) is 0.101. The summed E-state index contributed by atoms with van der Waals surface area (Å²) in [5.74, 6) is 0.874. The van der Waals surface area contributed by atoms with E-state index >= 15 is 0 Å². The summed E-state index contributed by atoms with van der Waals surface area (Å²) in [7, 11) is 0. The van der Waals surface area contributed by atoms with Crippen LogP contribution < -0.4 is 0 Å². The third-order valence-corrected chi connectivity index (χ3v) is 16.2. The van der Waals surface area contributed by atoms with Gasteiger partial charge in [0, 0.05) is 17.9 Å². The van der Waals surface area contributed by atoms with Crippen molar-refractivity contribution in [3.63, 3.8) is 0 Å². The topological polar surface area (TPSA) is 264 Å². The Morgan fingerprint density at radius 1 is 0.759 bits per heavy atom. The molecule has 0 spiro atoms. The molecule has 330 valence electrons. The average molecular weight is 829 g/mol. The zero-order valence-corrected chi connectivity index (χ0v) is 33.5. The lowest BCUT2D eigenvalue weighted by Gasteiger charge is -2.64. The predicted octanol–water partition coefficient (Wildman–Crippen LogP) is -0.866. The molecule has 4 aliphatic carbocycles. The molecule has 0 amide bonds. The SMILES string of the molecule is C[C@H]1O[C@@H](O[C@H]2CC[C@@]3(C)[C@H](CC[C@@H]4[C@@H]3CC[C@]3(C)[C@@H](C5=CC(=O)OC5)CC[C@]43O)C2)C[C@H](O)[C@@H]1O[C@H]1O[C@H](CO[C@@H]2O[C@H](CO)[C@@H](O)[C@H](O)[C@H]2O)[C@@H](O)[C@H](O)[C@H]1O. The molecule has 0 aromatic rings. The molecule has 3 saturated heterocycles. The maximum absolute atomic E-state index is 12.6. The molecular weight excluding hydrogens is 764 g/mol. The molecule has 9 N–H and O–H groups in total. The first-order valence-electron chi connectivity index (χ1n) is 21.3. The van der Waals surface area contributed by atoms with Crippen molar-refractivity contribution in [1.82, 2.24) is 0 Å². The van der Waals surface area contributed by atoms with Gasteiger partial charge in [0.25, 0.3) is 0 Å². The third-order valence-electron chi connectivity index (χ3n) is 16.2. The van der Waals surface area contributed by atoms with E-state index in [9.17, 15) is 50.8 Å². The van der Waals surface area contributed by atoms with Crippen molar-refractivity contribution < 1.29 is 83.9 Å². The van der Waals surface area contributed by atoms with Crippen LogP contribution in [0.1, 0.15) is 85.0 Å². The average Bonchev–Trinajstić information content (AvgIpc) is 3.74. The molecule has 4 aliphatic heterocycles. The molecular formula is C41H64O17. The van der Waals surface area contributed by atoms with Crippen LogP contribution in [0.2, 0.25) is 0 Å². The summed E-state index contributed by atoms with van der Waals surface area (Å²) in [4.78, 5) is 11.9. The molecule has 22 atom stereocenters. The number of fused-ring (bicyclic) bond motifs is 5. The number of esters is 1. The van der Waals surface area contributed by atoms with E-state index in [0.29, 0.717) is 18.4 Å². The van der Waals surface area contributed by atoms with E-state index in [-0.39, 0.29) is 41.2 Å². The van der Waals surface area contributed by atoms with Gasteiger partial charge >= 0.3 is 5.97 Å². The minimum Gasteiger partial charge on any atom is -0.458 e. The molecule has 17 nitrogen and oxygen atoms in total. The van der Waals surface area contributed by atoms with Crippen LogP contribution in [0.3, 0.4) is 0 Å². The predicted molar refractivity (Wildman–Crippen MR) is 197 cm³/mol. The van der Waals surface area contributed by atoms with E-state index in [0.717, 1.165) is 63.4 Å². The highest BCUT2D eigenvalue weighted by atomic mass is 16.7. The smallest absolute Gasteiger partial charge is 0.331 e. The number of ether oxygens (including phenoxy) is 7. The van der Waals surface area contributed by atoms with Gasteiger partial charge in [0.05, 0.1) is 37.1 Å². The van der Waals surface area contributed by atoms with Crippen LogP contribution >= 0.6 is 0 Å². The van der Waals surface area contributed by atoms with Crippen molar-refractivity contribution in [2.75, 3.05) is 19.8 Å². The first kappa shape index (κ1) is 43.3. The van der Waals surface area contributed by atoms with Crippen molar-refractivity contribution >= 4 is 5.97 Å². The zero-order valence-electron chi connectivity index (χ0n) is 33.5. The summed E-state index contributed by atoms with van der Waals surface area (Å²) in [6.07, 6.45) is -9.44. The molecule has 58 heavy (non-hydrogen) atoms. The van der Waals surface area contributed by atoms with Crippen LogP contribution in [-0.2, 0) is 38.0 Å². The van der Waals surface area contributed by atoms with Gasteiger partial charge in [0.15, 0.2) is 18.9 Å². The van der Waals surface area contributed by atoms with E-state index in [4.69, 9.17) is 33.2 Å². The Balaban J connectivity index is 0.843. The molecule has 4 saturated carbocycles. The van der Waals surface area contributed by atoms with Crippen molar-refractivity contribution in [2.45, 2.75) is 183 Å².